The average Bonchev–Trinajstić information content (AvgIpc) is 2.18. The molecule has 0 saturated heterocycles. The Morgan fingerprint density at radius 1 is 1.38 bits per heavy atom. The second-order valence-electron chi connectivity index (χ2n) is 5.67. The molecule has 1 aromatic carbocycles. The lowest BCUT2D eigenvalue weighted by molar-refractivity contribution is 0.0940. The first-order chi connectivity index (χ1) is 7.40. The highest BCUT2D eigenvalue weighted by Gasteiger charge is 2.35. The van der Waals surface area contributed by atoms with Crippen LogP contribution in [0.5, 0.6) is 11.5 Å². The van der Waals surface area contributed by atoms with Crippen molar-refractivity contribution in [3.8, 4) is 11.5 Å². The quantitative estimate of drug-likeness (QED) is 0.785. The summed E-state index contributed by atoms with van der Waals surface area (Å²) < 4.78 is 5.97. The van der Waals surface area contributed by atoms with Crippen LogP contribution in [0.3, 0.4) is 0 Å². The molecule has 0 aromatic heterocycles. The van der Waals surface area contributed by atoms with Crippen LogP contribution in [-0.4, -0.2) is 11.2 Å². The van der Waals surface area contributed by atoms with Crippen LogP contribution in [-0.2, 0) is 5.41 Å². The van der Waals surface area contributed by atoms with Crippen LogP contribution >= 0.6 is 0 Å². The number of hydrogen-bond donors (Lipinski definition) is 1. The minimum atomic E-state index is 0.0707. The lowest BCUT2D eigenvalue weighted by Gasteiger charge is -2.39. The molecule has 2 rings (SSSR count). The Balaban J connectivity index is 2.43. The molecular weight excluding hydrogens is 200 g/mol. The third-order valence-corrected chi connectivity index (χ3v) is 3.43. The molecule has 16 heavy (non-hydrogen) atoms. The fourth-order valence-electron chi connectivity index (χ4n) is 2.34. The Labute approximate surface area is 97.3 Å². The van der Waals surface area contributed by atoms with E-state index in [1.165, 1.54) is 0 Å². The molecule has 1 aliphatic heterocycles. The molecule has 0 radical (unpaired) electrons. The number of phenolic OH excluding ortho intramolecular Hbond substituents is 1. The van der Waals surface area contributed by atoms with Gasteiger partial charge in [0.05, 0.1) is 0 Å². The van der Waals surface area contributed by atoms with Gasteiger partial charge in [-0.05, 0) is 36.0 Å². The van der Waals surface area contributed by atoms with Gasteiger partial charge in [-0.25, -0.2) is 0 Å². The lowest BCUT2D eigenvalue weighted by atomic mass is 9.75. The molecule has 1 atom stereocenters. The summed E-state index contributed by atoms with van der Waals surface area (Å²) >= 11 is 0. The second-order valence-corrected chi connectivity index (χ2v) is 5.67. The van der Waals surface area contributed by atoms with Gasteiger partial charge >= 0.3 is 0 Å². The van der Waals surface area contributed by atoms with Crippen molar-refractivity contribution >= 4 is 0 Å². The molecule has 0 bridgehead atoms. The zero-order valence-corrected chi connectivity index (χ0v) is 10.4. The van der Waals surface area contributed by atoms with Gasteiger partial charge in [0.15, 0.2) is 0 Å². The van der Waals surface area contributed by atoms with Crippen LogP contribution in [0.25, 0.3) is 0 Å². The number of benzene rings is 1. The summed E-state index contributed by atoms with van der Waals surface area (Å²) in [6.07, 6.45) is 1.27. The van der Waals surface area contributed by atoms with Gasteiger partial charge in [-0.2, -0.15) is 0 Å². The van der Waals surface area contributed by atoms with Crippen molar-refractivity contribution in [2.45, 2.75) is 45.6 Å². The third-order valence-electron chi connectivity index (χ3n) is 3.43. The molecule has 2 heteroatoms. The van der Waals surface area contributed by atoms with Crippen molar-refractivity contribution in [2.24, 2.45) is 5.92 Å². The summed E-state index contributed by atoms with van der Waals surface area (Å²) in [7, 11) is 0. The van der Waals surface area contributed by atoms with Gasteiger partial charge in [-0.15, -0.1) is 0 Å². The molecule has 0 unspecified atom stereocenters. The largest absolute Gasteiger partial charge is 0.508 e. The van der Waals surface area contributed by atoms with Crippen molar-refractivity contribution < 1.29 is 9.84 Å². The minimum Gasteiger partial charge on any atom is -0.508 e. The average molecular weight is 220 g/mol. The van der Waals surface area contributed by atoms with E-state index in [4.69, 9.17) is 4.74 Å². The maximum absolute atomic E-state index is 9.54. The standard InChI is InChI=1S/C14H20O2/c1-9(2)13-8-14(3,4)11-7-10(15)5-6-12(11)16-13/h5-7,9,13,15H,8H2,1-4H3/t13-/m0/s1. The van der Waals surface area contributed by atoms with Gasteiger partial charge < -0.3 is 9.84 Å². The molecule has 0 aliphatic carbocycles. The number of ether oxygens (including phenoxy) is 1. The van der Waals surface area contributed by atoms with E-state index in [9.17, 15) is 5.11 Å². The summed E-state index contributed by atoms with van der Waals surface area (Å²) in [5.74, 6) is 1.76. The van der Waals surface area contributed by atoms with Gasteiger partial charge in [0.25, 0.3) is 0 Å². The van der Waals surface area contributed by atoms with E-state index in [-0.39, 0.29) is 11.5 Å². The lowest BCUT2D eigenvalue weighted by Crippen LogP contribution is -2.37. The smallest absolute Gasteiger partial charge is 0.123 e. The molecule has 0 saturated carbocycles. The molecule has 1 aliphatic rings. The second kappa shape index (κ2) is 3.69. The Hall–Kier alpha value is -1.18. The number of phenols is 1. The van der Waals surface area contributed by atoms with Crippen molar-refractivity contribution in [3.63, 3.8) is 0 Å². The molecule has 88 valence electrons. The first-order valence-electron chi connectivity index (χ1n) is 5.90. The number of fused-ring (bicyclic) bond motifs is 1. The summed E-state index contributed by atoms with van der Waals surface area (Å²) in [5.41, 5.74) is 1.19. The van der Waals surface area contributed by atoms with E-state index in [1.54, 1.807) is 6.07 Å². The fraction of sp³-hybridized carbons (Fsp3) is 0.571. The van der Waals surface area contributed by atoms with Crippen molar-refractivity contribution in [2.75, 3.05) is 0 Å². The SMILES string of the molecule is CC(C)[C@@H]1CC(C)(C)c2cc(O)ccc2O1. The van der Waals surface area contributed by atoms with Crippen LogP contribution in [0.1, 0.15) is 39.7 Å². The van der Waals surface area contributed by atoms with Gasteiger partial charge in [0.1, 0.15) is 17.6 Å². The van der Waals surface area contributed by atoms with E-state index < -0.39 is 0 Å². The summed E-state index contributed by atoms with van der Waals surface area (Å²) in [5, 5.41) is 9.54. The first kappa shape index (κ1) is 11.3. The number of aromatic hydroxyl groups is 1. The highest BCUT2D eigenvalue weighted by atomic mass is 16.5. The van der Waals surface area contributed by atoms with E-state index in [0.717, 1.165) is 17.7 Å². The van der Waals surface area contributed by atoms with E-state index >= 15 is 0 Å². The van der Waals surface area contributed by atoms with Gasteiger partial charge in [-0.1, -0.05) is 27.7 Å². The fourth-order valence-corrected chi connectivity index (χ4v) is 2.34. The van der Waals surface area contributed by atoms with Gasteiger partial charge in [-0.3, -0.25) is 0 Å². The molecule has 1 N–H and O–H groups in total. The number of rotatable bonds is 1. The predicted octanol–water partition coefficient (Wildman–Crippen LogP) is 3.48. The zero-order valence-electron chi connectivity index (χ0n) is 10.4. The van der Waals surface area contributed by atoms with Crippen LogP contribution in [0, 0.1) is 5.92 Å². The number of hydrogen-bond acceptors (Lipinski definition) is 2. The van der Waals surface area contributed by atoms with Crippen molar-refractivity contribution in [3.05, 3.63) is 23.8 Å². The maximum Gasteiger partial charge on any atom is 0.123 e. The summed E-state index contributed by atoms with van der Waals surface area (Å²) in [6.45, 7) is 8.80. The Bertz CT molecular complexity index is 394. The predicted molar refractivity (Wildman–Crippen MR) is 65.0 cm³/mol. The van der Waals surface area contributed by atoms with Gasteiger partial charge in [0.2, 0.25) is 0 Å². The molecule has 0 spiro atoms. The summed E-state index contributed by atoms with van der Waals surface area (Å²) in [4.78, 5) is 0. The van der Waals surface area contributed by atoms with Crippen molar-refractivity contribution in [1.82, 2.24) is 0 Å². The highest BCUT2D eigenvalue weighted by molar-refractivity contribution is 5.45. The van der Waals surface area contributed by atoms with Crippen LogP contribution < -0.4 is 4.74 Å². The van der Waals surface area contributed by atoms with Crippen molar-refractivity contribution in [1.29, 1.82) is 0 Å². The third kappa shape index (κ3) is 1.89. The molecule has 1 aromatic rings. The Morgan fingerprint density at radius 3 is 2.69 bits per heavy atom. The molecule has 1 heterocycles. The first-order valence-corrected chi connectivity index (χ1v) is 5.90. The van der Waals surface area contributed by atoms with Crippen LogP contribution in [0.4, 0.5) is 0 Å². The summed E-state index contributed by atoms with van der Waals surface area (Å²) in [6, 6.07) is 5.39. The zero-order chi connectivity index (χ0) is 11.9. The molecule has 2 nitrogen and oxygen atoms in total. The van der Waals surface area contributed by atoms with E-state index in [1.807, 2.05) is 12.1 Å². The van der Waals surface area contributed by atoms with E-state index in [0.29, 0.717) is 11.7 Å². The van der Waals surface area contributed by atoms with Crippen LogP contribution in [0.15, 0.2) is 18.2 Å². The van der Waals surface area contributed by atoms with Crippen LogP contribution in [0.2, 0.25) is 0 Å². The van der Waals surface area contributed by atoms with E-state index in [2.05, 4.69) is 27.7 Å². The monoisotopic (exact) mass is 220 g/mol. The van der Waals surface area contributed by atoms with Gasteiger partial charge in [0, 0.05) is 5.56 Å². The highest BCUT2D eigenvalue weighted by Crippen LogP contribution is 2.43. The molecular formula is C14H20O2. The minimum absolute atomic E-state index is 0.0707. The molecule has 0 fully saturated rings. The topological polar surface area (TPSA) is 29.5 Å². The molecule has 0 amide bonds. The Kier molecular flexibility index (Phi) is 2.61. The Morgan fingerprint density at radius 2 is 2.06 bits per heavy atom. The maximum atomic E-state index is 9.54. The normalized spacial score (nSPS) is 22.7.